The molecule has 0 saturated carbocycles. The number of piperidine rings is 2. The third-order valence-corrected chi connectivity index (χ3v) is 4.03. The lowest BCUT2D eigenvalue weighted by Gasteiger charge is -2.37. The van der Waals surface area contributed by atoms with Gasteiger partial charge in [-0.25, -0.2) is 0 Å². The Bertz CT molecular complexity index is 173. The Morgan fingerprint density at radius 2 is 1.71 bits per heavy atom. The molecule has 2 heterocycles. The standard InChI is InChI=1S/C12H24N2/c1-9-3-4-12(8-14-9)11-5-6-13-10(2)7-11/h9-14H,3-8H2,1-2H3. The highest BCUT2D eigenvalue weighted by Gasteiger charge is 2.28. The first-order chi connectivity index (χ1) is 6.75. The molecular weight excluding hydrogens is 172 g/mol. The van der Waals surface area contributed by atoms with Gasteiger partial charge in [0.15, 0.2) is 0 Å². The summed E-state index contributed by atoms with van der Waals surface area (Å²) >= 11 is 0. The van der Waals surface area contributed by atoms with Gasteiger partial charge in [-0.2, -0.15) is 0 Å². The molecule has 2 nitrogen and oxygen atoms in total. The second-order valence-corrected chi connectivity index (χ2v) is 5.29. The third-order valence-electron chi connectivity index (χ3n) is 4.03. The largest absolute Gasteiger partial charge is 0.314 e. The quantitative estimate of drug-likeness (QED) is 0.668. The zero-order chi connectivity index (χ0) is 9.97. The van der Waals surface area contributed by atoms with Crippen molar-refractivity contribution in [1.29, 1.82) is 0 Å². The summed E-state index contributed by atoms with van der Waals surface area (Å²) in [6.07, 6.45) is 5.61. The predicted octanol–water partition coefficient (Wildman–Crippen LogP) is 1.76. The van der Waals surface area contributed by atoms with Crippen molar-refractivity contribution in [3.05, 3.63) is 0 Å². The van der Waals surface area contributed by atoms with E-state index in [1.165, 1.54) is 38.8 Å². The van der Waals surface area contributed by atoms with Crippen molar-refractivity contribution in [3.8, 4) is 0 Å². The highest BCUT2D eigenvalue weighted by Crippen LogP contribution is 2.30. The van der Waals surface area contributed by atoms with E-state index in [9.17, 15) is 0 Å². The van der Waals surface area contributed by atoms with Crippen LogP contribution in [0.2, 0.25) is 0 Å². The van der Waals surface area contributed by atoms with Gasteiger partial charge in [-0.3, -0.25) is 0 Å². The summed E-state index contributed by atoms with van der Waals surface area (Å²) in [6, 6.07) is 1.50. The zero-order valence-electron chi connectivity index (χ0n) is 9.55. The second-order valence-electron chi connectivity index (χ2n) is 5.29. The molecule has 0 aromatic heterocycles. The van der Waals surface area contributed by atoms with Crippen molar-refractivity contribution >= 4 is 0 Å². The van der Waals surface area contributed by atoms with E-state index in [-0.39, 0.29) is 0 Å². The molecule has 0 radical (unpaired) electrons. The fourth-order valence-corrected chi connectivity index (χ4v) is 3.02. The first-order valence-corrected chi connectivity index (χ1v) is 6.22. The Kier molecular flexibility index (Phi) is 3.45. The first-order valence-electron chi connectivity index (χ1n) is 6.22. The molecule has 0 aromatic carbocycles. The molecule has 0 bridgehead atoms. The fraction of sp³-hybridized carbons (Fsp3) is 1.00. The Balaban J connectivity index is 1.82. The van der Waals surface area contributed by atoms with Gasteiger partial charge >= 0.3 is 0 Å². The van der Waals surface area contributed by atoms with Crippen LogP contribution in [0.3, 0.4) is 0 Å². The molecule has 2 heteroatoms. The first kappa shape index (κ1) is 10.4. The molecule has 2 fully saturated rings. The van der Waals surface area contributed by atoms with Gasteiger partial charge < -0.3 is 10.6 Å². The lowest BCUT2D eigenvalue weighted by Crippen LogP contribution is -2.44. The molecular formula is C12H24N2. The minimum Gasteiger partial charge on any atom is -0.314 e. The Morgan fingerprint density at radius 3 is 2.36 bits per heavy atom. The summed E-state index contributed by atoms with van der Waals surface area (Å²) in [6.45, 7) is 7.13. The van der Waals surface area contributed by atoms with Crippen LogP contribution >= 0.6 is 0 Å². The lowest BCUT2D eigenvalue weighted by molar-refractivity contribution is 0.179. The summed E-state index contributed by atoms with van der Waals surface area (Å²) in [7, 11) is 0. The minimum atomic E-state index is 0.744. The molecule has 2 N–H and O–H groups in total. The molecule has 4 atom stereocenters. The molecule has 4 unspecified atom stereocenters. The maximum atomic E-state index is 3.62. The van der Waals surface area contributed by atoms with Gasteiger partial charge in [-0.1, -0.05) is 0 Å². The van der Waals surface area contributed by atoms with Crippen LogP contribution in [0.25, 0.3) is 0 Å². The third kappa shape index (κ3) is 2.48. The van der Waals surface area contributed by atoms with Crippen LogP contribution in [0.1, 0.15) is 39.5 Å². The molecule has 0 aromatic rings. The van der Waals surface area contributed by atoms with Crippen LogP contribution in [-0.4, -0.2) is 25.2 Å². The second kappa shape index (κ2) is 4.63. The molecule has 2 aliphatic rings. The smallest absolute Gasteiger partial charge is 0.00414 e. The zero-order valence-corrected chi connectivity index (χ0v) is 9.55. The number of nitrogens with one attached hydrogen (secondary N) is 2. The fourth-order valence-electron chi connectivity index (χ4n) is 3.02. The Morgan fingerprint density at radius 1 is 0.857 bits per heavy atom. The SMILES string of the molecule is CC1CCC(C2CCNC(C)C2)CN1. The Hall–Kier alpha value is -0.0800. The molecule has 0 aliphatic carbocycles. The summed E-state index contributed by atoms with van der Waals surface area (Å²) in [5.74, 6) is 1.93. The highest BCUT2D eigenvalue weighted by atomic mass is 14.9. The number of rotatable bonds is 1. The summed E-state index contributed by atoms with van der Waals surface area (Å²) in [4.78, 5) is 0. The van der Waals surface area contributed by atoms with E-state index in [1.807, 2.05) is 0 Å². The van der Waals surface area contributed by atoms with Gasteiger partial charge in [-0.05, 0) is 64.5 Å². The van der Waals surface area contributed by atoms with Crippen LogP contribution in [0, 0.1) is 11.8 Å². The van der Waals surface area contributed by atoms with Gasteiger partial charge in [-0.15, -0.1) is 0 Å². The van der Waals surface area contributed by atoms with Gasteiger partial charge in [0.1, 0.15) is 0 Å². The van der Waals surface area contributed by atoms with Gasteiger partial charge in [0.25, 0.3) is 0 Å². The van der Waals surface area contributed by atoms with E-state index in [1.54, 1.807) is 0 Å². The highest BCUT2D eigenvalue weighted by molar-refractivity contribution is 4.84. The average Bonchev–Trinajstić information content (AvgIpc) is 2.19. The van der Waals surface area contributed by atoms with Gasteiger partial charge in [0, 0.05) is 12.1 Å². The van der Waals surface area contributed by atoms with Crippen molar-refractivity contribution in [1.82, 2.24) is 10.6 Å². The molecule has 0 amide bonds. The van der Waals surface area contributed by atoms with Crippen molar-refractivity contribution in [2.75, 3.05) is 13.1 Å². The van der Waals surface area contributed by atoms with Gasteiger partial charge in [0.2, 0.25) is 0 Å². The number of hydrogen-bond donors (Lipinski definition) is 2. The van der Waals surface area contributed by atoms with E-state index in [0.29, 0.717) is 0 Å². The van der Waals surface area contributed by atoms with Crippen molar-refractivity contribution in [3.63, 3.8) is 0 Å². The average molecular weight is 196 g/mol. The Labute approximate surface area is 87.8 Å². The van der Waals surface area contributed by atoms with E-state index < -0.39 is 0 Å². The maximum absolute atomic E-state index is 3.62. The monoisotopic (exact) mass is 196 g/mol. The van der Waals surface area contributed by atoms with Gasteiger partial charge in [0.05, 0.1) is 0 Å². The van der Waals surface area contributed by atoms with Crippen LogP contribution in [0.4, 0.5) is 0 Å². The normalized spacial score (nSPS) is 45.0. The number of hydrogen-bond acceptors (Lipinski definition) is 2. The maximum Gasteiger partial charge on any atom is 0.00414 e. The lowest BCUT2D eigenvalue weighted by atomic mass is 9.78. The molecule has 2 rings (SSSR count). The molecule has 2 aliphatic heterocycles. The van der Waals surface area contributed by atoms with Crippen LogP contribution < -0.4 is 10.6 Å². The van der Waals surface area contributed by atoms with E-state index >= 15 is 0 Å². The van der Waals surface area contributed by atoms with Crippen LogP contribution in [0.15, 0.2) is 0 Å². The topological polar surface area (TPSA) is 24.1 Å². The summed E-state index contributed by atoms with van der Waals surface area (Å²) in [5.41, 5.74) is 0. The predicted molar refractivity (Wildman–Crippen MR) is 60.4 cm³/mol. The van der Waals surface area contributed by atoms with Crippen molar-refractivity contribution < 1.29 is 0 Å². The molecule has 14 heavy (non-hydrogen) atoms. The summed E-state index contributed by atoms with van der Waals surface area (Å²) < 4.78 is 0. The van der Waals surface area contributed by atoms with Crippen LogP contribution in [0.5, 0.6) is 0 Å². The molecule has 0 spiro atoms. The molecule has 82 valence electrons. The van der Waals surface area contributed by atoms with Crippen LogP contribution in [-0.2, 0) is 0 Å². The van der Waals surface area contributed by atoms with E-state index in [2.05, 4.69) is 24.5 Å². The molecule has 2 saturated heterocycles. The summed E-state index contributed by atoms with van der Waals surface area (Å²) in [5, 5.41) is 7.16. The van der Waals surface area contributed by atoms with E-state index in [4.69, 9.17) is 0 Å². The van der Waals surface area contributed by atoms with E-state index in [0.717, 1.165) is 23.9 Å². The van der Waals surface area contributed by atoms with Crippen molar-refractivity contribution in [2.45, 2.75) is 51.6 Å². The minimum absolute atomic E-state index is 0.744. The van der Waals surface area contributed by atoms with Crippen molar-refractivity contribution in [2.24, 2.45) is 11.8 Å².